The maximum absolute atomic E-state index is 12.4. The van der Waals surface area contributed by atoms with Crippen LogP contribution >= 0.6 is 0 Å². The highest BCUT2D eigenvalue weighted by atomic mass is 16.5. The van der Waals surface area contributed by atoms with Gasteiger partial charge in [0.2, 0.25) is 5.91 Å². The van der Waals surface area contributed by atoms with Crippen LogP contribution in [0, 0.1) is 5.92 Å². The van der Waals surface area contributed by atoms with E-state index >= 15 is 0 Å². The number of ether oxygens (including phenoxy) is 3. The monoisotopic (exact) mass is 335 g/mol. The van der Waals surface area contributed by atoms with Crippen LogP contribution < -0.4 is 4.74 Å². The van der Waals surface area contributed by atoms with E-state index in [2.05, 4.69) is 0 Å². The van der Waals surface area contributed by atoms with E-state index in [0.717, 1.165) is 11.3 Å². The Kier molecular flexibility index (Phi) is 8.57. The Bertz CT molecular complexity index is 570. The lowest BCUT2D eigenvalue weighted by molar-refractivity contribution is -0.146. The zero-order chi connectivity index (χ0) is 17.9. The highest BCUT2D eigenvalue weighted by Gasteiger charge is 2.20. The molecule has 0 N–H and O–H groups in total. The highest BCUT2D eigenvalue weighted by molar-refractivity contribution is 5.92. The van der Waals surface area contributed by atoms with Gasteiger partial charge in [0, 0.05) is 26.3 Å². The number of amides is 1. The second-order valence-corrected chi connectivity index (χ2v) is 5.31. The van der Waals surface area contributed by atoms with E-state index in [9.17, 15) is 9.59 Å². The quantitative estimate of drug-likeness (QED) is 0.510. The Morgan fingerprint density at radius 2 is 2.00 bits per heavy atom. The molecule has 1 rings (SSSR count). The Labute approximate surface area is 143 Å². The number of methoxy groups -OCH3 is 3. The van der Waals surface area contributed by atoms with E-state index in [4.69, 9.17) is 14.2 Å². The molecule has 0 fully saturated rings. The lowest BCUT2D eigenvalue weighted by Gasteiger charge is -2.23. The summed E-state index contributed by atoms with van der Waals surface area (Å²) in [7, 11) is 4.50. The molecule has 0 aliphatic heterocycles. The Morgan fingerprint density at radius 3 is 2.62 bits per heavy atom. The maximum atomic E-state index is 12.4. The number of carbonyl (C=O) groups is 2. The van der Waals surface area contributed by atoms with Gasteiger partial charge in [-0.3, -0.25) is 9.59 Å². The second-order valence-electron chi connectivity index (χ2n) is 5.31. The number of benzene rings is 1. The van der Waals surface area contributed by atoms with E-state index < -0.39 is 5.92 Å². The molecule has 132 valence electrons. The van der Waals surface area contributed by atoms with Crippen LogP contribution in [-0.4, -0.2) is 57.8 Å². The minimum absolute atomic E-state index is 0.189. The molecule has 0 radical (unpaired) electrons. The van der Waals surface area contributed by atoms with Gasteiger partial charge in [-0.2, -0.15) is 0 Å². The normalized spacial score (nSPS) is 12.0. The van der Waals surface area contributed by atoms with E-state index in [-0.39, 0.29) is 18.4 Å². The van der Waals surface area contributed by atoms with Crippen molar-refractivity contribution < 1.29 is 23.8 Å². The van der Waals surface area contributed by atoms with Gasteiger partial charge in [0.05, 0.1) is 26.7 Å². The molecule has 0 heterocycles. The first-order valence-electron chi connectivity index (χ1n) is 7.69. The molecule has 24 heavy (non-hydrogen) atoms. The van der Waals surface area contributed by atoms with Gasteiger partial charge in [-0.25, -0.2) is 0 Å². The zero-order valence-electron chi connectivity index (χ0n) is 14.7. The standard InChI is InChI=1S/C18H25NO5/c1-14(18(21)24-4)13-19(10-11-22-2)17(20)9-8-15-6-5-7-16(12-15)23-3/h5-9,12,14H,10-11,13H2,1-4H3/b9-8+. The fraction of sp³-hybridized carbons (Fsp3) is 0.444. The van der Waals surface area contributed by atoms with Crippen LogP contribution in [0.1, 0.15) is 12.5 Å². The van der Waals surface area contributed by atoms with E-state index in [1.54, 1.807) is 32.1 Å². The van der Waals surface area contributed by atoms with Gasteiger partial charge in [-0.05, 0) is 23.8 Å². The first-order chi connectivity index (χ1) is 11.5. The first kappa shape index (κ1) is 19.7. The summed E-state index contributed by atoms with van der Waals surface area (Å²) >= 11 is 0. The van der Waals surface area contributed by atoms with E-state index in [1.165, 1.54) is 13.2 Å². The van der Waals surface area contributed by atoms with Crippen molar-refractivity contribution in [3.05, 3.63) is 35.9 Å². The number of hydrogen-bond acceptors (Lipinski definition) is 5. The molecule has 0 bridgehead atoms. The number of carbonyl (C=O) groups excluding carboxylic acids is 2. The minimum Gasteiger partial charge on any atom is -0.497 e. The van der Waals surface area contributed by atoms with E-state index in [1.807, 2.05) is 24.3 Å². The van der Waals surface area contributed by atoms with Crippen LogP contribution in [0.25, 0.3) is 6.08 Å². The lowest BCUT2D eigenvalue weighted by atomic mass is 10.1. The van der Waals surface area contributed by atoms with Crippen molar-refractivity contribution in [3.63, 3.8) is 0 Å². The van der Waals surface area contributed by atoms with Crippen LogP contribution in [-0.2, 0) is 19.1 Å². The number of rotatable bonds is 9. The molecule has 0 aliphatic rings. The van der Waals surface area contributed by atoms with Gasteiger partial charge >= 0.3 is 5.97 Å². The van der Waals surface area contributed by atoms with Crippen molar-refractivity contribution in [2.24, 2.45) is 5.92 Å². The van der Waals surface area contributed by atoms with E-state index in [0.29, 0.717) is 13.2 Å². The van der Waals surface area contributed by atoms with Crippen molar-refractivity contribution in [2.45, 2.75) is 6.92 Å². The topological polar surface area (TPSA) is 65.1 Å². The van der Waals surface area contributed by atoms with Crippen LogP contribution in [0.2, 0.25) is 0 Å². The average molecular weight is 335 g/mol. The van der Waals surface area contributed by atoms with Crippen molar-refractivity contribution in [1.82, 2.24) is 4.90 Å². The third-order valence-electron chi connectivity index (χ3n) is 3.49. The molecule has 0 spiro atoms. The summed E-state index contributed by atoms with van der Waals surface area (Å²) in [6, 6.07) is 7.40. The predicted molar refractivity (Wildman–Crippen MR) is 91.7 cm³/mol. The maximum Gasteiger partial charge on any atom is 0.310 e. The van der Waals surface area contributed by atoms with Crippen LogP contribution in [0.4, 0.5) is 0 Å². The van der Waals surface area contributed by atoms with Gasteiger partial charge in [0.15, 0.2) is 0 Å². The smallest absolute Gasteiger partial charge is 0.310 e. The lowest BCUT2D eigenvalue weighted by Crippen LogP contribution is -2.38. The van der Waals surface area contributed by atoms with Gasteiger partial charge in [-0.15, -0.1) is 0 Å². The van der Waals surface area contributed by atoms with Crippen molar-refractivity contribution >= 4 is 18.0 Å². The number of esters is 1. The van der Waals surface area contributed by atoms with Crippen LogP contribution in [0.3, 0.4) is 0 Å². The molecule has 1 amide bonds. The average Bonchev–Trinajstić information content (AvgIpc) is 2.62. The largest absolute Gasteiger partial charge is 0.497 e. The Morgan fingerprint density at radius 1 is 1.25 bits per heavy atom. The molecule has 6 heteroatoms. The van der Waals surface area contributed by atoms with Gasteiger partial charge in [-0.1, -0.05) is 19.1 Å². The molecule has 0 saturated heterocycles. The summed E-state index contributed by atoms with van der Waals surface area (Å²) in [4.78, 5) is 25.6. The SMILES string of the molecule is COCCN(CC(C)C(=O)OC)C(=O)/C=C/c1cccc(OC)c1. The fourth-order valence-corrected chi connectivity index (χ4v) is 2.12. The summed E-state index contributed by atoms with van der Waals surface area (Å²) in [5.74, 6) is -0.214. The molecular formula is C18H25NO5. The molecule has 0 saturated carbocycles. The minimum atomic E-state index is -0.402. The Hall–Kier alpha value is -2.34. The Balaban J connectivity index is 2.78. The molecule has 1 aromatic rings. The molecule has 1 unspecified atom stereocenters. The van der Waals surface area contributed by atoms with Gasteiger partial charge < -0.3 is 19.1 Å². The van der Waals surface area contributed by atoms with Crippen molar-refractivity contribution in [2.75, 3.05) is 41.0 Å². The van der Waals surface area contributed by atoms with Gasteiger partial charge in [0.25, 0.3) is 0 Å². The summed E-state index contributed by atoms with van der Waals surface area (Å²) < 4.78 is 14.9. The van der Waals surface area contributed by atoms with Crippen molar-refractivity contribution in [1.29, 1.82) is 0 Å². The van der Waals surface area contributed by atoms with Gasteiger partial charge in [0.1, 0.15) is 5.75 Å². The predicted octanol–water partition coefficient (Wildman–Crippen LogP) is 1.99. The third-order valence-corrected chi connectivity index (χ3v) is 3.49. The molecule has 1 atom stereocenters. The molecule has 6 nitrogen and oxygen atoms in total. The summed E-state index contributed by atoms with van der Waals surface area (Å²) in [5, 5.41) is 0. The zero-order valence-corrected chi connectivity index (χ0v) is 14.7. The molecule has 1 aromatic carbocycles. The summed E-state index contributed by atoms with van der Waals surface area (Å²) in [6.07, 6.45) is 3.20. The summed E-state index contributed by atoms with van der Waals surface area (Å²) in [5.41, 5.74) is 0.857. The first-order valence-corrected chi connectivity index (χ1v) is 7.69. The fourth-order valence-electron chi connectivity index (χ4n) is 2.12. The molecule has 0 aromatic heterocycles. The second kappa shape index (κ2) is 10.4. The molecule has 0 aliphatic carbocycles. The number of hydrogen-bond donors (Lipinski definition) is 0. The van der Waals surface area contributed by atoms with Crippen LogP contribution in [0.5, 0.6) is 5.75 Å². The molecular weight excluding hydrogens is 310 g/mol. The van der Waals surface area contributed by atoms with Crippen molar-refractivity contribution in [3.8, 4) is 5.75 Å². The summed E-state index contributed by atoms with van der Waals surface area (Å²) in [6.45, 7) is 2.80. The van der Waals surface area contributed by atoms with Crippen LogP contribution in [0.15, 0.2) is 30.3 Å². The number of nitrogens with zero attached hydrogens (tertiary/aromatic N) is 1. The third kappa shape index (κ3) is 6.42. The highest BCUT2D eigenvalue weighted by Crippen LogP contribution is 2.14.